The summed E-state index contributed by atoms with van der Waals surface area (Å²) in [5.41, 5.74) is 1.11. The Morgan fingerprint density at radius 2 is 2.44 bits per heavy atom. The van der Waals surface area contributed by atoms with E-state index in [-0.39, 0.29) is 0 Å². The van der Waals surface area contributed by atoms with Crippen LogP contribution >= 0.6 is 11.8 Å². The van der Waals surface area contributed by atoms with E-state index in [0.717, 1.165) is 37.7 Å². The second kappa shape index (κ2) is 6.95. The van der Waals surface area contributed by atoms with Gasteiger partial charge in [0.05, 0.1) is 5.69 Å². The van der Waals surface area contributed by atoms with Gasteiger partial charge in [-0.1, -0.05) is 6.92 Å². The zero-order valence-electron chi connectivity index (χ0n) is 11.2. The fourth-order valence-electron chi connectivity index (χ4n) is 2.01. The van der Waals surface area contributed by atoms with Crippen LogP contribution < -0.4 is 5.32 Å². The number of nitrogens with zero attached hydrogens (tertiary/aromatic N) is 3. The lowest BCUT2D eigenvalue weighted by atomic mass is 10.2. The van der Waals surface area contributed by atoms with Crippen LogP contribution in [0.25, 0.3) is 0 Å². The molecule has 18 heavy (non-hydrogen) atoms. The molecule has 0 spiro atoms. The van der Waals surface area contributed by atoms with Crippen LogP contribution in [-0.2, 0) is 6.54 Å². The smallest absolute Gasteiger partial charge is 0.222 e. The first-order valence-corrected chi connectivity index (χ1v) is 7.82. The molecule has 0 aliphatic carbocycles. The van der Waals surface area contributed by atoms with Crippen molar-refractivity contribution in [2.75, 3.05) is 29.9 Å². The lowest BCUT2D eigenvalue weighted by molar-refractivity contribution is 0.221. The molecule has 1 aliphatic rings. The molecule has 0 bridgehead atoms. The van der Waals surface area contributed by atoms with Crippen molar-refractivity contribution in [1.29, 1.82) is 0 Å². The predicted octanol–water partition coefficient (Wildman–Crippen LogP) is 2.24. The van der Waals surface area contributed by atoms with Crippen molar-refractivity contribution in [3.05, 3.63) is 18.0 Å². The Kier molecular flexibility index (Phi) is 5.26. The van der Waals surface area contributed by atoms with Gasteiger partial charge in [0.2, 0.25) is 5.95 Å². The summed E-state index contributed by atoms with van der Waals surface area (Å²) in [6.45, 7) is 7.46. The van der Waals surface area contributed by atoms with E-state index in [9.17, 15) is 0 Å². The molecular weight excluding hydrogens is 244 g/mol. The zero-order valence-corrected chi connectivity index (χ0v) is 12.0. The summed E-state index contributed by atoms with van der Waals surface area (Å²) in [4.78, 5) is 11.3. The van der Waals surface area contributed by atoms with E-state index < -0.39 is 0 Å². The molecule has 1 atom stereocenters. The minimum Gasteiger partial charge on any atom is -0.354 e. The van der Waals surface area contributed by atoms with Crippen molar-refractivity contribution >= 4 is 17.7 Å². The van der Waals surface area contributed by atoms with Gasteiger partial charge in [0.25, 0.3) is 0 Å². The van der Waals surface area contributed by atoms with Gasteiger partial charge in [-0.15, -0.1) is 0 Å². The van der Waals surface area contributed by atoms with Crippen molar-refractivity contribution in [3.63, 3.8) is 0 Å². The minimum absolute atomic E-state index is 0.644. The van der Waals surface area contributed by atoms with Crippen LogP contribution in [0.15, 0.2) is 12.3 Å². The third-order valence-electron chi connectivity index (χ3n) is 3.12. The fraction of sp³-hybridized carbons (Fsp3) is 0.692. The molecule has 1 aromatic rings. The van der Waals surface area contributed by atoms with Gasteiger partial charge in [-0.25, -0.2) is 9.97 Å². The van der Waals surface area contributed by atoms with Crippen molar-refractivity contribution < 1.29 is 0 Å². The standard InChI is InChI=1S/C13H22N4S/c1-3-5-14-13-15-6-4-12(16-13)9-17-7-8-18-10-11(17)2/h4,6,11H,3,5,7-10H2,1-2H3,(H,14,15,16). The Balaban J connectivity index is 1.95. The maximum atomic E-state index is 4.57. The van der Waals surface area contributed by atoms with E-state index in [4.69, 9.17) is 0 Å². The third-order valence-corrected chi connectivity index (χ3v) is 4.31. The number of hydrogen-bond acceptors (Lipinski definition) is 5. The van der Waals surface area contributed by atoms with E-state index in [1.165, 1.54) is 11.5 Å². The third kappa shape index (κ3) is 3.85. The van der Waals surface area contributed by atoms with Crippen molar-refractivity contribution in [1.82, 2.24) is 14.9 Å². The highest BCUT2D eigenvalue weighted by Crippen LogP contribution is 2.18. The van der Waals surface area contributed by atoms with Crippen LogP contribution in [0, 0.1) is 0 Å². The number of anilines is 1. The second-order valence-electron chi connectivity index (χ2n) is 4.69. The topological polar surface area (TPSA) is 41.1 Å². The van der Waals surface area contributed by atoms with E-state index in [2.05, 4.69) is 34.0 Å². The van der Waals surface area contributed by atoms with Gasteiger partial charge in [0.1, 0.15) is 0 Å². The summed E-state index contributed by atoms with van der Waals surface area (Å²) < 4.78 is 0. The number of rotatable bonds is 5. The average Bonchev–Trinajstić information content (AvgIpc) is 2.40. The summed E-state index contributed by atoms with van der Waals surface area (Å²) in [7, 11) is 0. The van der Waals surface area contributed by atoms with Crippen molar-refractivity contribution in [3.8, 4) is 0 Å². The van der Waals surface area contributed by atoms with Crippen LogP contribution in [0.2, 0.25) is 0 Å². The largest absolute Gasteiger partial charge is 0.354 e. The van der Waals surface area contributed by atoms with E-state index in [1.54, 1.807) is 0 Å². The van der Waals surface area contributed by atoms with E-state index >= 15 is 0 Å². The zero-order chi connectivity index (χ0) is 12.8. The molecule has 1 N–H and O–H groups in total. The number of nitrogens with one attached hydrogen (secondary N) is 1. The molecular formula is C13H22N4S. The summed E-state index contributed by atoms with van der Waals surface area (Å²) in [5.74, 6) is 3.22. The van der Waals surface area contributed by atoms with Crippen LogP contribution in [0.1, 0.15) is 26.0 Å². The number of thioether (sulfide) groups is 1. The van der Waals surface area contributed by atoms with Gasteiger partial charge in [0.15, 0.2) is 0 Å². The second-order valence-corrected chi connectivity index (χ2v) is 5.84. The van der Waals surface area contributed by atoms with Crippen LogP contribution in [0.4, 0.5) is 5.95 Å². The highest BCUT2D eigenvalue weighted by atomic mass is 32.2. The molecule has 2 heterocycles. The molecule has 1 saturated heterocycles. The Morgan fingerprint density at radius 3 is 3.22 bits per heavy atom. The molecule has 1 unspecified atom stereocenters. The van der Waals surface area contributed by atoms with Gasteiger partial charge in [-0.05, 0) is 19.4 Å². The highest BCUT2D eigenvalue weighted by molar-refractivity contribution is 7.99. The first kappa shape index (κ1) is 13.6. The van der Waals surface area contributed by atoms with Crippen LogP contribution in [0.3, 0.4) is 0 Å². The first-order chi connectivity index (χ1) is 8.79. The van der Waals surface area contributed by atoms with E-state index in [0.29, 0.717) is 6.04 Å². The monoisotopic (exact) mass is 266 g/mol. The summed E-state index contributed by atoms with van der Waals surface area (Å²) in [6.07, 6.45) is 2.94. The molecule has 0 radical (unpaired) electrons. The molecule has 0 saturated carbocycles. The molecule has 5 heteroatoms. The maximum absolute atomic E-state index is 4.57. The average molecular weight is 266 g/mol. The van der Waals surface area contributed by atoms with Crippen molar-refractivity contribution in [2.24, 2.45) is 0 Å². The van der Waals surface area contributed by atoms with Gasteiger partial charge < -0.3 is 5.32 Å². The molecule has 1 aromatic heterocycles. The molecule has 1 aliphatic heterocycles. The first-order valence-electron chi connectivity index (χ1n) is 6.67. The Hall–Kier alpha value is -0.810. The highest BCUT2D eigenvalue weighted by Gasteiger charge is 2.19. The van der Waals surface area contributed by atoms with Gasteiger partial charge in [-0.2, -0.15) is 11.8 Å². The van der Waals surface area contributed by atoms with Gasteiger partial charge in [-0.3, -0.25) is 4.90 Å². The molecule has 2 rings (SSSR count). The number of aromatic nitrogens is 2. The summed E-state index contributed by atoms with van der Waals surface area (Å²) >= 11 is 2.04. The minimum atomic E-state index is 0.644. The Labute approximate surface area is 114 Å². The lowest BCUT2D eigenvalue weighted by Crippen LogP contribution is -2.39. The Bertz CT molecular complexity index is 372. The lowest BCUT2D eigenvalue weighted by Gasteiger charge is -2.32. The fourth-order valence-corrected chi connectivity index (χ4v) is 3.09. The van der Waals surface area contributed by atoms with Crippen LogP contribution in [0.5, 0.6) is 0 Å². The summed E-state index contributed by atoms with van der Waals surface area (Å²) in [6, 6.07) is 2.66. The predicted molar refractivity (Wildman–Crippen MR) is 78.0 cm³/mol. The molecule has 4 nitrogen and oxygen atoms in total. The number of hydrogen-bond donors (Lipinski definition) is 1. The molecule has 0 aromatic carbocycles. The molecule has 0 amide bonds. The van der Waals surface area contributed by atoms with Crippen molar-refractivity contribution in [2.45, 2.75) is 32.9 Å². The van der Waals surface area contributed by atoms with Gasteiger partial charge >= 0.3 is 0 Å². The maximum Gasteiger partial charge on any atom is 0.222 e. The normalized spacial score (nSPS) is 20.9. The molecule has 1 fully saturated rings. The SMILES string of the molecule is CCCNc1nccc(CN2CCSCC2C)n1. The van der Waals surface area contributed by atoms with E-state index in [1.807, 2.05) is 24.0 Å². The molecule has 100 valence electrons. The summed E-state index contributed by atoms with van der Waals surface area (Å²) in [5, 5.41) is 3.24. The van der Waals surface area contributed by atoms with Crippen LogP contribution in [-0.4, -0.2) is 45.5 Å². The van der Waals surface area contributed by atoms with Gasteiger partial charge in [0, 0.05) is 43.4 Å². The quantitative estimate of drug-likeness (QED) is 0.885. The Morgan fingerprint density at radius 1 is 1.56 bits per heavy atom.